The molecule has 0 unspecified atom stereocenters. The maximum absolute atomic E-state index is 10.6. The second-order valence-electron chi connectivity index (χ2n) is 20.8. The van der Waals surface area contributed by atoms with Gasteiger partial charge in [-0.05, 0) is 123 Å². The van der Waals surface area contributed by atoms with Crippen LogP contribution in [-0.4, -0.2) is 19.1 Å². The Kier molecular flexibility index (Phi) is 14.1. The van der Waals surface area contributed by atoms with E-state index in [1.54, 1.807) is 0 Å². The zero-order chi connectivity index (χ0) is 51.4. The molecule has 0 atom stereocenters. The molecule has 0 spiro atoms. The van der Waals surface area contributed by atoms with Gasteiger partial charge >= 0.3 is 21.1 Å². The Morgan fingerprint density at radius 1 is 0.507 bits per heavy atom. The normalized spacial score (nSPS) is 11.6. The first-order valence-electron chi connectivity index (χ1n) is 25.9. The maximum Gasteiger partial charge on any atom is 2.00 e. The largest absolute Gasteiger partial charge is 2.00 e. The van der Waals surface area contributed by atoms with E-state index in [9.17, 15) is 5.26 Å². The zero-order valence-electron chi connectivity index (χ0n) is 43.9. The summed E-state index contributed by atoms with van der Waals surface area (Å²) in [6.45, 7) is 20.2. The Labute approximate surface area is 455 Å². The number of nitrogens with zero attached hydrogens (tertiary/aromatic N) is 5. The topological polar surface area (TPSA) is 68.7 Å². The van der Waals surface area contributed by atoms with Crippen LogP contribution in [0.4, 0.5) is 0 Å². The second-order valence-corrected chi connectivity index (χ2v) is 20.8. The van der Waals surface area contributed by atoms with Crippen LogP contribution in [0.5, 0.6) is 11.5 Å². The number of aryl methyl sites for hydroxylation is 1. The van der Waals surface area contributed by atoms with Crippen LogP contribution in [0.15, 0.2) is 170 Å². The van der Waals surface area contributed by atoms with E-state index in [-0.39, 0.29) is 44.7 Å². The van der Waals surface area contributed by atoms with Crippen molar-refractivity contribution < 1.29 is 25.8 Å². The molecule has 0 radical (unpaired) electrons. The van der Waals surface area contributed by atoms with Crippen LogP contribution in [0.3, 0.4) is 0 Å². The summed E-state index contributed by atoms with van der Waals surface area (Å²) in [7, 11) is 0. The first-order valence-corrected chi connectivity index (χ1v) is 25.9. The van der Waals surface area contributed by atoms with E-state index >= 15 is 0 Å². The van der Waals surface area contributed by atoms with Crippen molar-refractivity contribution >= 4 is 32.8 Å². The number of rotatable bonds is 12. The molecule has 0 fully saturated rings. The van der Waals surface area contributed by atoms with Gasteiger partial charge in [-0.2, -0.15) is 5.26 Å². The molecule has 9 aromatic carbocycles. The summed E-state index contributed by atoms with van der Waals surface area (Å²) in [5.41, 5.74) is 18.4. The molecule has 11 aromatic rings. The molecule has 0 aliphatic carbocycles. The molecule has 0 bridgehead atoms. The van der Waals surface area contributed by atoms with Crippen LogP contribution in [0.25, 0.3) is 89.2 Å². The van der Waals surface area contributed by atoms with E-state index < -0.39 is 0 Å². The van der Waals surface area contributed by atoms with Crippen molar-refractivity contribution in [1.29, 1.82) is 5.26 Å². The van der Waals surface area contributed by atoms with Gasteiger partial charge in [-0.25, -0.2) is 0 Å². The van der Waals surface area contributed by atoms with Gasteiger partial charge in [0.15, 0.2) is 0 Å². The monoisotopic (exact) mass is 1160 g/mol. The van der Waals surface area contributed by atoms with Gasteiger partial charge in [0.2, 0.25) is 0 Å². The summed E-state index contributed by atoms with van der Waals surface area (Å²) in [4.78, 5) is 10.8. The van der Waals surface area contributed by atoms with Gasteiger partial charge in [0.25, 0.3) is 0 Å². The van der Waals surface area contributed by atoms with E-state index in [2.05, 4.69) is 223 Å². The van der Waals surface area contributed by atoms with Crippen LogP contribution in [-0.2, 0) is 21.1 Å². The van der Waals surface area contributed by atoms with Crippen molar-refractivity contribution in [3.63, 3.8) is 0 Å². The Bertz CT molecular complexity index is 3910. The van der Waals surface area contributed by atoms with E-state index in [4.69, 9.17) is 14.7 Å². The van der Waals surface area contributed by atoms with Crippen molar-refractivity contribution in [3.05, 3.63) is 215 Å². The van der Waals surface area contributed by atoms with E-state index in [0.717, 1.165) is 61.2 Å². The van der Waals surface area contributed by atoms with E-state index in [0.29, 0.717) is 28.4 Å². The average Bonchev–Trinajstić information content (AvgIpc) is 4.03. The number of hydrogen-bond donors (Lipinski definition) is 0. The van der Waals surface area contributed by atoms with Crippen LogP contribution < -0.4 is 4.74 Å². The standard InChI is InChI=1S/C68H59N5O.Pt/c1-41(2)56-35-51(46-21-12-10-13-22-46)36-57(42(3)4)65(56)72-61-30-19-18-29-60(61)70-67(72)49-26-20-27-54(34-49)74-62-39-53(33-48-25-16-17-28-55(48)62)68-71-63-50(40-69)32-31-45(9)64(63)73(68)66-58(43(5)6)37-52(38-59(66)44(7)8)47-23-14-11-15-24-47;/h10-33,35-38,41-44H,1-9H3;/q-2;+2. The van der Waals surface area contributed by atoms with Gasteiger partial charge in [0.1, 0.15) is 6.07 Å². The minimum atomic E-state index is 0. The molecule has 0 amide bonds. The van der Waals surface area contributed by atoms with Gasteiger partial charge in [-0.1, -0.05) is 181 Å². The molecule has 0 N–H and O–H groups in total. The summed E-state index contributed by atoms with van der Waals surface area (Å²) < 4.78 is 11.7. The smallest absolute Gasteiger partial charge is 0.496 e. The van der Waals surface area contributed by atoms with Crippen molar-refractivity contribution in [3.8, 4) is 74.0 Å². The molecular weight excluding hydrogens is 1100 g/mol. The average molecular weight is 1160 g/mol. The van der Waals surface area contributed by atoms with Gasteiger partial charge in [-0.3, -0.25) is 9.97 Å². The van der Waals surface area contributed by atoms with Gasteiger partial charge in [0.05, 0.1) is 45.0 Å². The van der Waals surface area contributed by atoms with Gasteiger partial charge < -0.3 is 13.9 Å². The molecule has 75 heavy (non-hydrogen) atoms. The summed E-state index contributed by atoms with van der Waals surface area (Å²) in [6.07, 6.45) is 0. The number of ether oxygens (including phenoxy) is 1. The van der Waals surface area contributed by atoms with Crippen LogP contribution in [0.2, 0.25) is 0 Å². The third-order valence-corrected chi connectivity index (χ3v) is 14.4. The Morgan fingerprint density at radius 2 is 1.04 bits per heavy atom. The predicted octanol–water partition coefficient (Wildman–Crippen LogP) is 18.2. The van der Waals surface area contributed by atoms with Crippen LogP contribution in [0.1, 0.15) is 112 Å². The number of nitriles is 1. The molecular formula is C68H59N5OPt. The first kappa shape index (κ1) is 50.7. The van der Waals surface area contributed by atoms with Crippen molar-refractivity contribution in [1.82, 2.24) is 19.1 Å². The van der Waals surface area contributed by atoms with Crippen molar-refractivity contribution in [2.45, 2.75) is 86.0 Å². The minimum Gasteiger partial charge on any atom is -0.496 e. The molecule has 0 aliphatic heterocycles. The summed E-state index contributed by atoms with van der Waals surface area (Å²) in [5.74, 6) is 3.32. The predicted molar refractivity (Wildman–Crippen MR) is 305 cm³/mol. The number of benzene rings is 9. The van der Waals surface area contributed by atoms with Crippen LogP contribution >= 0.6 is 0 Å². The first-order chi connectivity index (χ1) is 35.9. The summed E-state index contributed by atoms with van der Waals surface area (Å²) >= 11 is 0. The zero-order valence-corrected chi connectivity index (χ0v) is 46.2. The summed E-state index contributed by atoms with van der Waals surface area (Å²) in [5, 5.41) is 12.5. The number of hydrogen-bond acceptors (Lipinski definition) is 4. The number of aromatic nitrogens is 4. The van der Waals surface area contributed by atoms with Crippen LogP contribution in [0, 0.1) is 30.4 Å². The second kappa shape index (κ2) is 20.8. The van der Waals surface area contributed by atoms with Gasteiger partial charge in [-0.15, -0.1) is 35.4 Å². The maximum atomic E-state index is 10.6. The molecule has 6 nitrogen and oxygen atoms in total. The molecule has 11 rings (SSSR count). The molecule has 372 valence electrons. The van der Waals surface area contributed by atoms with Crippen molar-refractivity contribution in [2.75, 3.05) is 0 Å². The molecule has 7 heteroatoms. The molecule has 0 saturated carbocycles. The molecule has 0 aliphatic rings. The number of para-hydroxylation sites is 2. The third-order valence-electron chi connectivity index (χ3n) is 14.4. The Morgan fingerprint density at radius 3 is 1.63 bits per heavy atom. The molecule has 2 heterocycles. The minimum absolute atomic E-state index is 0. The fourth-order valence-corrected chi connectivity index (χ4v) is 10.7. The van der Waals surface area contributed by atoms with Crippen molar-refractivity contribution in [2.24, 2.45) is 0 Å². The Balaban J connectivity index is 0.00000641. The Hall–Kier alpha value is -7.84. The fraction of sp³-hybridized carbons (Fsp3) is 0.191. The number of imidazole rings is 2. The SMILES string of the molecule is Cc1ccc(C#N)c2nc(-c3[c-]c(Oc4[c-]c(-c5nc6ccccc6n5-c5c(C(C)C)cc(-c6ccccc6)cc5C(C)C)ccc4)c4ccccc4c3)n(-c3c(C(C)C)cc(-c4ccccc4)cc3C(C)C)c12.[Pt+2]. The number of fused-ring (bicyclic) bond motifs is 3. The third kappa shape index (κ3) is 9.30. The quantitative estimate of drug-likeness (QED) is 0.114. The van der Waals surface area contributed by atoms with E-state index in [1.807, 2.05) is 36.4 Å². The summed E-state index contributed by atoms with van der Waals surface area (Å²) in [6, 6.07) is 69.4. The fourth-order valence-electron chi connectivity index (χ4n) is 10.7. The molecule has 0 saturated heterocycles. The molecule has 2 aromatic heterocycles. The van der Waals surface area contributed by atoms with Gasteiger partial charge in [0, 0.05) is 17.1 Å². The van der Waals surface area contributed by atoms with E-state index in [1.165, 1.54) is 44.5 Å².